The van der Waals surface area contributed by atoms with Gasteiger partial charge in [0.05, 0.1) is 5.69 Å². The number of hydrogen-bond donors (Lipinski definition) is 1. The van der Waals surface area contributed by atoms with Crippen LogP contribution in [0.4, 0.5) is 10.3 Å². The lowest BCUT2D eigenvalue weighted by atomic mass is 10.2. The molecule has 0 unspecified atom stereocenters. The zero-order valence-electron chi connectivity index (χ0n) is 8.66. The summed E-state index contributed by atoms with van der Waals surface area (Å²) >= 11 is 0. The Balaban J connectivity index is 2.54. The molecule has 1 aromatic carbocycles. The van der Waals surface area contributed by atoms with Crippen LogP contribution in [0.5, 0.6) is 0 Å². The number of benzene rings is 1. The number of nitrogens with one attached hydrogen (secondary N) is 1. The highest BCUT2D eigenvalue weighted by Crippen LogP contribution is 2.18. The highest BCUT2D eigenvalue weighted by atomic mass is 19.1. The lowest BCUT2D eigenvalue weighted by Gasteiger charge is -2.08. The molecule has 1 N–H and O–H groups in total. The molecule has 0 spiro atoms. The molecule has 0 bridgehead atoms. The molecular weight excluding hydrogens is 193 g/mol. The van der Waals surface area contributed by atoms with Gasteiger partial charge in [-0.2, -0.15) is 0 Å². The third-order valence-electron chi connectivity index (χ3n) is 2.23. The summed E-state index contributed by atoms with van der Waals surface area (Å²) < 4.78 is 15.3. The normalized spacial score (nSPS) is 10.3. The molecule has 15 heavy (non-hydrogen) atoms. The van der Waals surface area contributed by atoms with Crippen molar-refractivity contribution in [2.45, 2.75) is 6.92 Å². The Kier molecular flexibility index (Phi) is 2.41. The van der Waals surface area contributed by atoms with Crippen molar-refractivity contribution in [2.24, 2.45) is 0 Å². The molecule has 0 radical (unpaired) electrons. The van der Waals surface area contributed by atoms with Crippen LogP contribution in [-0.4, -0.2) is 16.6 Å². The molecule has 3 nitrogen and oxygen atoms in total. The van der Waals surface area contributed by atoms with Gasteiger partial charge in [-0.15, -0.1) is 0 Å². The Morgan fingerprint density at radius 2 is 2.20 bits per heavy atom. The summed E-state index contributed by atoms with van der Waals surface area (Å²) in [6.07, 6.45) is 3.35. The number of aromatic nitrogens is 2. The van der Waals surface area contributed by atoms with Crippen LogP contribution in [0.2, 0.25) is 0 Å². The molecule has 0 atom stereocenters. The van der Waals surface area contributed by atoms with Gasteiger partial charge in [-0.05, 0) is 24.6 Å². The van der Waals surface area contributed by atoms with Gasteiger partial charge in [0.1, 0.15) is 5.82 Å². The minimum atomic E-state index is -0.246. The van der Waals surface area contributed by atoms with Crippen molar-refractivity contribution in [1.82, 2.24) is 9.55 Å². The molecule has 78 valence electrons. The molecule has 1 aromatic heterocycles. The average molecular weight is 205 g/mol. The van der Waals surface area contributed by atoms with Crippen LogP contribution in [0.1, 0.15) is 5.56 Å². The third-order valence-corrected chi connectivity index (χ3v) is 2.23. The molecule has 0 amide bonds. The highest BCUT2D eigenvalue weighted by Gasteiger charge is 2.07. The number of imidazole rings is 1. The van der Waals surface area contributed by atoms with Crippen LogP contribution >= 0.6 is 0 Å². The monoisotopic (exact) mass is 205 g/mol. The van der Waals surface area contributed by atoms with Gasteiger partial charge < -0.3 is 5.32 Å². The fourth-order valence-corrected chi connectivity index (χ4v) is 1.49. The first-order chi connectivity index (χ1) is 7.22. The predicted molar refractivity (Wildman–Crippen MR) is 57.8 cm³/mol. The molecule has 0 aliphatic carbocycles. The van der Waals surface area contributed by atoms with Crippen molar-refractivity contribution in [1.29, 1.82) is 0 Å². The first-order valence-electron chi connectivity index (χ1n) is 4.70. The zero-order chi connectivity index (χ0) is 10.8. The van der Waals surface area contributed by atoms with Crippen LogP contribution in [0, 0.1) is 12.7 Å². The molecule has 0 saturated heterocycles. The van der Waals surface area contributed by atoms with Crippen molar-refractivity contribution >= 4 is 5.95 Å². The molecular formula is C11H12FN3. The van der Waals surface area contributed by atoms with Gasteiger partial charge in [-0.25, -0.2) is 9.37 Å². The van der Waals surface area contributed by atoms with Gasteiger partial charge in [-0.1, -0.05) is 6.07 Å². The van der Waals surface area contributed by atoms with E-state index < -0.39 is 0 Å². The van der Waals surface area contributed by atoms with Crippen molar-refractivity contribution in [3.05, 3.63) is 42.0 Å². The summed E-state index contributed by atoms with van der Waals surface area (Å²) in [5.41, 5.74) is 1.41. The standard InChI is InChI=1S/C11H12FN3/c1-8-3-4-10(9(12)7-8)15-6-5-14-11(15)13-2/h3-7H,1-2H3,(H,13,14). The van der Waals surface area contributed by atoms with Crippen LogP contribution in [-0.2, 0) is 0 Å². The second kappa shape index (κ2) is 3.73. The second-order valence-electron chi connectivity index (χ2n) is 3.33. The number of hydrogen-bond acceptors (Lipinski definition) is 2. The van der Waals surface area contributed by atoms with E-state index in [9.17, 15) is 4.39 Å². The maximum absolute atomic E-state index is 13.7. The molecule has 0 saturated carbocycles. The maximum Gasteiger partial charge on any atom is 0.207 e. The quantitative estimate of drug-likeness (QED) is 0.815. The minimum Gasteiger partial charge on any atom is -0.358 e. The Bertz CT molecular complexity index is 476. The van der Waals surface area contributed by atoms with Gasteiger partial charge in [0.15, 0.2) is 0 Å². The van der Waals surface area contributed by atoms with Gasteiger partial charge >= 0.3 is 0 Å². The summed E-state index contributed by atoms with van der Waals surface area (Å²) in [6, 6.07) is 5.12. The summed E-state index contributed by atoms with van der Waals surface area (Å²) in [5, 5.41) is 2.90. The van der Waals surface area contributed by atoms with E-state index in [4.69, 9.17) is 0 Å². The first kappa shape index (κ1) is 9.71. The van der Waals surface area contributed by atoms with E-state index in [0.717, 1.165) is 5.56 Å². The number of rotatable bonds is 2. The number of halogens is 1. The summed E-state index contributed by atoms with van der Waals surface area (Å²) in [4.78, 5) is 4.06. The van der Waals surface area contributed by atoms with E-state index in [-0.39, 0.29) is 5.82 Å². The van der Waals surface area contributed by atoms with E-state index in [2.05, 4.69) is 10.3 Å². The maximum atomic E-state index is 13.7. The van der Waals surface area contributed by atoms with Gasteiger partial charge in [-0.3, -0.25) is 4.57 Å². The Labute approximate surface area is 87.6 Å². The van der Waals surface area contributed by atoms with Crippen LogP contribution < -0.4 is 5.32 Å². The third kappa shape index (κ3) is 1.70. The Morgan fingerprint density at radius 1 is 1.40 bits per heavy atom. The summed E-state index contributed by atoms with van der Waals surface area (Å²) in [6.45, 7) is 1.86. The fraction of sp³-hybridized carbons (Fsp3) is 0.182. The van der Waals surface area contributed by atoms with E-state index in [1.54, 1.807) is 30.1 Å². The van der Waals surface area contributed by atoms with E-state index in [1.807, 2.05) is 13.0 Å². The van der Waals surface area contributed by atoms with Crippen molar-refractivity contribution < 1.29 is 4.39 Å². The molecule has 0 aliphatic rings. The predicted octanol–water partition coefficient (Wildman–Crippen LogP) is 2.36. The summed E-state index contributed by atoms with van der Waals surface area (Å²) in [7, 11) is 1.75. The van der Waals surface area contributed by atoms with Gasteiger partial charge in [0.25, 0.3) is 0 Å². The van der Waals surface area contributed by atoms with Crippen molar-refractivity contribution in [3.63, 3.8) is 0 Å². The van der Waals surface area contributed by atoms with Crippen molar-refractivity contribution in [3.8, 4) is 5.69 Å². The topological polar surface area (TPSA) is 29.9 Å². The average Bonchev–Trinajstić information content (AvgIpc) is 2.65. The Hall–Kier alpha value is -1.84. The second-order valence-corrected chi connectivity index (χ2v) is 3.33. The molecule has 0 fully saturated rings. The molecule has 1 heterocycles. The van der Waals surface area contributed by atoms with Crippen LogP contribution in [0.25, 0.3) is 5.69 Å². The smallest absolute Gasteiger partial charge is 0.207 e. The van der Waals surface area contributed by atoms with Crippen LogP contribution in [0.15, 0.2) is 30.6 Å². The Morgan fingerprint density at radius 3 is 2.87 bits per heavy atom. The van der Waals surface area contributed by atoms with Crippen LogP contribution in [0.3, 0.4) is 0 Å². The zero-order valence-corrected chi connectivity index (χ0v) is 8.66. The molecule has 2 aromatic rings. The lowest BCUT2D eigenvalue weighted by Crippen LogP contribution is -2.02. The molecule has 2 rings (SSSR count). The highest BCUT2D eigenvalue weighted by molar-refractivity contribution is 5.43. The van der Waals surface area contributed by atoms with E-state index >= 15 is 0 Å². The minimum absolute atomic E-state index is 0.246. The first-order valence-corrected chi connectivity index (χ1v) is 4.70. The van der Waals surface area contributed by atoms with Crippen molar-refractivity contribution in [2.75, 3.05) is 12.4 Å². The molecule has 0 aliphatic heterocycles. The number of anilines is 1. The lowest BCUT2D eigenvalue weighted by molar-refractivity contribution is 0.617. The number of nitrogens with zero attached hydrogens (tertiary/aromatic N) is 2. The largest absolute Gasteiger partial charge is 0.358 e. The number of aryl methyl sites for hydroxylation is 1. The summed E-state index contributed by atoms with van der Waals surface area (Å²) in [5.74, 6) is 0.377. The van der Waals surface area contributed by atoms with E-state index in [1.165, 1.54) is 6.07 Å². The SMILES string of the molecule is CNc1nccn1-c1ccc(C)cc1F. The fourth-order valence-electron chi connectivity index (χ4n) is 1.49. The van der Waals surface area contributed by atoms with Gasteiger partial charge in [0, 0.05) is 19.4 Å². The molecule has 4 heteroatoms. The van der Waals surface area contributed by atoms with Gasteiger partial charge in [0.2, 0.25) is 5.95 Å². The van der Waals surface area contributed by atoms with E-state index in [0.29, 0.717) is 11.6 Å².